The van der Waals surface area contributed by atoms with Crippen molar-refractivity contribution in [3.8, 4) is 12.1 Å². The fourth-order valence-corrected chi connectivity index (χ4v) is 4.08. The Labute approximate surface area is 179 Å². The molecule has 0 unspecified atom stereocenters. The predicted molar refractivity (Wildman–Crippen MR) is 118 cm³/mol. The van der Waals surface area contributed by atoms with E-state index >= 15 is 0 Å². The number of anilines is 1. The lowest BCUT2D eigenvalue weighted by Crippen LogP contribution is -2.10. The summed E-state index contributed by atoms with van der Waals surface area (Å²) in [5, 5.41) is 20.2. The van der Waals surface area contributed by atoms with Crippen LogP contribution in [0.25, 0.3) is 28.1 Å². The number of fused-ring (bicyclic) bond motifs is 2. The summed E-state index contributed by atoms with van der Waals surface area (Å²) in [4.78, 5) is 16.2. The summed E-state index contributed by atoms with van der Waals surface area (Å²) in [5.74, 6) is -0.224. The van der Waals surface area contributed by atoms with Crippen LogP contribution in [0.4, 0.5) is 5.82 Å². The number of carbonyl (C=O) groups excluding carboxylic acids is 1. The molecule has 0 aliphatic heterocycles. The van der Waals surface area contributed by atoms with Crippen molar-refractivity contribution in [1.82, 2.24) is 9.55 Å². The number of ether oxygens (including phenoxy) is 1. The van der Waals surface area contributed by atoms with Gasteiger partial charge in [0.25, 0.3) is 0 Å². The molecule has 1 aliphatic carbocycles. The van der Waals surface area contributed by atoms with Crippen LogP contribution in [0.2, 0.25) is 0 Å². The molecule has 0 saturated heterocycles. The van der Waals surface area contributed by atoms with Gasteiger partial charge in [-0.3, -0.25) is 4.79 Å². The van der Waals surface area contributed by atoms with Crippen LogP contribution in [0.5, 0.6) is 0 Å². The third kappa shape index (κ3) is 3.04. The number of nitrogen functional groups attached to an aromatic ring is 1. The van der Waals surface area contributed by atoms with E-state index in [0.29, 0.717) is 22.4 Å². The number of hydrogen-bond acceptors (Lipinski definition) is 6. The number of nitrogens with two attached hydrogens (primary N) is 1. The van der Waals surface area contributed by atoms with Crippen molar-refractivity contribution in [2.75, 3.05) is 12.8 Å². The first-order valence-corrected chi connectivity index (χ1v) is 9.59. The molecule has 0 spiro atoms. The van der Waals surface area contributed by atoms with Crippen LogP contribution in [0.3, 0.4) is 0 Å². The lowest BCUT2D eigenvalue weighted by Gasteiger charge is -2.10. The van der Waals surface area contributed by atoms with Crippen molar-refractivity contribution in [3.63, 3.8) is 0 Å². The van der Waals surface area contributed by atoms with Crippen LogP contribution in [-0.4, -0.2) is 22.6 Å². The van der Waals surface area contributed by atoms with E-state index in [1.807, 2.05) is 55.0 Å². The Morgan fingerprint density at radius 2 is 2.00 bits per heavy atom. The van der Waals surface area contributed by atoms with Gasteiger partial charge in [-0.05, 0) is 42.7 Å². The Balaban J connectivity index is 1.99. The number of para-hydroxylation sites is 1. The molecule has 7 nitrogen and oxygen atoms in total. The number of benzene rings is 1. The molecular formula is C24H19N5O2. The minimum Gasteiger partial charge on any atom is -0.468 e. The van der Waals surface area contributed by atoms with Gasteiger partial charge in [0.05, 0.1) is 23.9 Å². The number of nitrogens with zero attached hydrogens (tertiary/aromatic N) is 4. The number of carbonyl (C=O) groups is 1. The molecular weight excluding hydrogens is 390 g/mol. The summed E-state index contributed by atoms with van der Waals surface area (Å²) in [5.41, 5.74) is 12.0. The highest BCUT2D eigenvalue weighted by atomic mass is 16.5. The van der Waals surface area contributed by atoms with E-state index in [2.05, 4.69) is 17.1 Å². The van der Waals surface area contributed by atoms with Crippen molar-refractivity contribution in [2.45, 2.75) is 20.4 Å². The van der Waals surface area contributed by atoms with Gasteiger partial charge in [-0.2, -0.15) is 10.5 Å². The van der Waals surface area contributed by atoms with Gasteiger partial charge in [0.1, 0.15) is 24.5 Å². The first kappa shape index (κ1) is 19.9. The summed E-state index contributed by atoms with van der Waals surface area (Å²) < 4.78 is 6.66. The molecule has 4 rings (SSSR count). The third-order valence-electron chi connectivity index (χ3n) is 5.63. The molecule has 0 atom stereocenters. The normalized spacial score (nSPS) is 13.9. The minimum atomic E-state index is -0.344. The van der Waals surface area contributed by atoms with E-state index in [1.54, 1.807) is 0 Å². The molecule has 0 amide bonds. The first-order valence-electron chi connectivity index (χ1n) is 9.59. The second kappa shape index (κ2) is 7.47. The number of hydrogen-bond donors (Lipinski definition) is 1. The van der Waals surface area contributed by atoms with Crippen molar-refractivity contribution in [3.05, 3.63) is 64.0 Å². The molecule has 0 radical (unpaired) electrons. The van der Waals surface area contributed by atoms with Crippen LogP contribution in [0, 0.1) is 29.6 Å². The largest absolute Gasteiger partial charge is 0.468 e. The zero-order valence-electron chi connectivity index (χ0n) is 17.4. The second-order valence-corrected chi connectivity index (χ2v) is 7.31. The van der Waals surface area contributed by atoms with Gasteiger partial charge in [0.15, 0.2) is 0 Å². The lowest BCUT2D eigenvalue weighted by molar-refractivity contribution is -0.141. The molecule has 2 aromatic heterocycles. The average molecular weight is 409 g/mol. The van der Waals surface area contributed by atoms with E-state index in [-0.39, 0.29) is 18.3 Å². The standard InChI is InChI=1S/C24H19N5O2/c1-13-17(22-14(2)19(10-26)24(27)28-23(22)18(13)9-25)8-15-11-29(12-21(30)31-3)20-7-5-4-6-16(15)20/h4-8,11H,12H2,1-3H3,(H2,27,28)/b17-8-. The summed E-state index contributed by atoms with van der Waals surface area (Å²) in [6.07, 6.45) is 3.86. The molecule has 0 fully saturated rings. The Bertz CT molecular complexity index is 1410. The maximum Gasteiger partial charge on any atom is 0.325 e. The number of allylic oxidation sites excluding steroid dienone is 3. The van der Waals surface area contributed by atoms with Gasteiger partial charge in [0.2, 0.25) is 0 Å². The Kier molecular flexibility index (Phi) is 4.81. The highest BCUT2D eigenvalue weighted by Gasteiger charge is 2.30. The molecule has 2 heterocycles. The monoisotopic (exact) mass is 409 g/mol. The van der Waals surface area contributed by atoms with Crippen molar-refractivity contribution in [2.24, 2.45) is 0 Å². The topological polar surface area (TPSA) is 118 Å². The van der Waals surface area contributed by atoms with Gasteiger partial charge in [-0.1, -0.05) is 18.2 Å². The number of methoxy groups -OCH3 is 1. The summed E-state index contributed by atoms with van der Waals surface area (Å²) in [6.45, 7) is 3.77. The quantitative estimate of drug-likeness (QED) is 0.657. The van der Waals surface area contributed by atoms with Crippen molar-refractivity contribution < 1.29 is 9.53 Å². The fourth-order valence-electron chi connectivity index (χ4n) is 4.08. The maximum absolute atomic E-state index is 11.9. The van der Waals surface area contributed by atoms with Crippen LogP contribution in [0.1, 0.15) is 34.9 Å². The Morgan fingerprint density at radius 1 is 1.26 bits per heavy atom. The smallest absolute Gasteiger partial charge is 0.325 e. The van der Waals surface area contributed by atoms with E-state index in [0.717, 1.165) is 33.2 Å². The van der Waals surface area contributed by atoms with Gasteiger partial charge in [0, 0.05) is 28.2 Å². The minimum absolute atomic E-state index is 0.0880. The Morgan fingerprint density at radius 3 is 2.68 bits per heavy atom. The van der Waals surface area contributed by atoms with Crippen LogP contribution >= 0.6 is 0 Å². The van der Waals surface area contributed by atoms with Crippen LogP contribution in [0.15, 0.2) is 36.0 Å². The zero-order valence-corrected chi connectivity index (χ0v) is 17.4. The molecule has 0 bridgehead atoms. The van der Waals surface area contributed by atoms with Crippen LogP contribution < -0.4 is 5.73 Å². The van der Waals surface area contributed by atoms with Crippen molar-refractivity contribution in [1.29, 1.82) is 10.5 Å². The SMILES string of the molecule is COC(=O)Cn1cc(/C=C2/C(C)=C(C#N)c3nc(N)c(C#N)c(C)c32)c2ccccc21. The fraction of sp³-hybridized carbons (Fsp3) is 0.167. The third-order valence-corrected chi connectivity index (χ3v) is 5.63. The molecule has 2 N–H and O–H groups in total. The van der Waals surface area contributed by atoms with E-state index < -0.39 is 0 Å². The predicted octanol–water partition coefficient (Wildman–Crippen LogP) is 3.82. The molecule has 31 heavy (non-hydrogen) atoms. The number of pyridine rings is 1. The summed E-state index contributed by atoms with van der Waals surface area (Å²) >= 11 is 0. The second-order valence-electron chi connectivity index (χ2n) is 7.31. The summed E-state index contributed by atoms with van der Waals surface area (Å²) in [7, 11) is 1.36. The molecule has 0 saturated carbocycles. The zero-order chi connectivity index (χ0) is 22.3. The van der Waals surface area contributed by atoms with Gasteiger partial charge in [-0.25, -0.2) is 4.98 Å². The van der Waals surface area contributed by atoms with Crippen LogP contribution in [-0.2, 0) is 16.1 Å². The van der Waals surface area contributed by atoms with Crippen molar-refractivity contribution >= 4 is 39.9 Å². The van der Waals surface area contributed by atoms with Gasteiger partial charge >= 0.3 is 5.97 Å². The summed E-state index contributed by atoms with van der Waals surface area (Å²) in [6, 6.07) is 12.1. The van der Waals surface area contributed by atoms with Gasteiger partial charge < -0.3 is 15.0 Å². The number of esters is 1. The molecule has 7 heteroatoms. The number of nitriles is 2. The lowest BCUT2D eigenvalue weighted by atomic mass is 9.95. The Hall–Kier alpha value is -4.36. The molecule has 1 aromatic carbocycles. The molecule has 1 aliphatic rings. The van der Waals surface area contributed by atoms with Gasteiger partial charge in [-0.15, -0.1) is 0 Å². The number of aromatic nitrogens is 2. The molecule has 3 aromatic rings. The van der Waals surface area contributed by atoms with E-state index in [4.69, 9.17) is 10.5 Å². The average Bonchev–Trinajstić information content (AvgIpc) is 3.23. The first-order chi connectivity index (χ1) is 14.9. The number of rotatable bonds is 3. The maximum atomic E-state index is 11.9. The van der Waals surface area contributed by atoms with E-state index in [9.17, 15) is 15.3 Å². The highest BCUT2D eigenvalue weighted by molar-refractivity contribution is 6.10. The molecule has 152 valence electrons. The highest BCUT2D eigenvalue weighted by Crippen LogP contribution is 2.44. The van der Waals surface area contributed by atoms with E-state index in [1.165, 1.54) is 7.11 Å².